The summed E-state index contributed by atoms with van der Waals surface area (Å²) in [7, 11) is 1.69. The first-order valence-electron chi connectivity index (χ1n) is 6.24. The SMILES string of the molecule is COC=CC(C)(C)C(C)[C@@H](C)c1ccccc1. The van der Waals surface area contributed by atoms with E-state index in [9.17, 15) is 0 Å². The number of ether oxygens (including phenoxy) is 1. The van der Waals surface area contributed by atoms with Crippen LogP contribution in [0.25, 0.3) is 0 Å². The summed E-state index contributed by atoms with van der Waals surface area (Å²) in [6.45, 7) is 9.11. The third kappa shape index (κ3) is 3.62. The molecule has 1 nitrogen and oxygen atoms in total. The zero-order valence-corrected chi connectivity index (χ0v) is 11.6. The number of methoxy groups -OCH3 is 1. The van der Waals surface area contributed by atoms with Crippen molar-refractivity contribution in [2.45, 2.75) is 33.6 Å². The summed E-state index contributed by atoms with van der Waals surface area (Å²) >= 11 is 0. The maximum Gasteiger partial charge on any atom is 0.0790 e. The lowest BCUT2D eigenvalue weighted by Crippen LogP contribution is -2.24. The molecular formula is C16H24O. The van der Waals surface area contributed by atoms with Crippen LogP contribution in [0.5, 0.6) is 0 Å². The molecule has 1 aromatic rings. The van der Waals surface area contributed by atoms with E-state index >= 15 is 0 Å². The zero-order valence-electron chi connectivity index (χ0n) is 11.6. The minimum Gasteiger partial charge on any atom is -0.505 e. The van der Waals surface area contributed by atoms with Crippen molar-refractivity contribution < 1.29 is 4.74 Å². The summed E-state index contributed by atoms with van der Waals surface area (Å²) < 4.78 is 5.03. The Morgan fingerprint density at radius 1 is 1.12 bits per heavy atom. The highest BCUT2D eigenvalue weighted by Crippen LogP contribution is 2.38. The standard InChI is InChI=1S/C16H24O/c1-13(15-9-7-6-8-10-15)14(2)16(3,4)11-12-17-5/h6-14H,1-5H3/t13-,14?/m1/s1. The summed E-state index contributed by atoms with van der Waals surface area (Å²) in [6, 6.07) is 10.7. The van der Waals surface area contributed by atoms with Gasteiger partial charge in [0.1, 0.15) is 0 Å². The molecule has 0 heterocycles. The minimum absolute atomic E-state index is 0.130. The first-order valence-corrected chi connectivity index (χ1v) is 6.24. The van der Waals surface area contributed by atoms with Crippen molar-refractivity contribution in [1.29, 1.82) is 0 Å². The highest BCUT2D eigenvalue weighted by atomic mass is 16.5. The maximum absolute atomic E-state index is 5.03. The van der Waals surface area contributed by atoms with Gasteiger partial charge in [0, 0.05) is 0 Å². The molecule has 0 amide bonds. The van der Waals surface area contributed by atoms with Crippen LogP contribution in [0.2, 0.25) is 0 Å². The molecule has 0 radical (unpaired) electrons. The van der Waals surface area contributed by atoms with E-state index in [1.54, 1.807) is 13.4 Å². The lowest BCUT2D eigenvalue weighted by atomic mass is 9.71. The number of benzene rings is 1. The van der Waals surface area contributed by atoms with Gasteiger partial charge in [-0.2, -0.15) is 0 Å². The van der Waals surface area contributed by atoms with Gasteiger partial charge in [0.2, 0.25) is 0 Å². The van der Waals surface area contributed by atoms with Crippen molar-refractivity contribution >= 4 is 0 Å². The largest absolute Gasteiger partial charge is 0.505 e. The molecule has 2 atom stereocenters. The monoisotopic (exact) mass is 232 g/mol. The van der Waals surface area contributed by atoms with Crippen molar-refractivity contribution in [3.8, 4) is 0 Å². The van der Waals surface area contributed by atoms with E-state index in [-0.39, 0.29) is 5.41 Å². The third-order valence-electron chi connectivity index (χ3n) is 3.88. The molecule has 0 saturated carbocycles. The van der Waals surface area contributed by atoms with Gasteiger partial charge in [0.05, 0.1) is 13.4 Å². The van der Waals surface area contributed by atoms with E-state index in [1.165, 1.54) is 5.56 Å². The molecule has 1 unspecified atom stereocenters. The molecule has 0 spiro atoms. The van der Waals surface area contributed by atoms with Crippen LogP contribution in [-0.2, 0) is 4.74 Å². The summed E-state index contributed by atoms with van der Waals surface area (Å²) in [5, 5.41) is 0. The molecule has 0 bridgehead atoms. The van der Waals surface area contributed by atoms with Gasteiger partial charge in [-0.1, -0.05) is 58.0 Å². The Morgan fingerprint density at radius 3 is 2.24 bits per heavy atom. The van der Waals surface area contributed by atoms with Crippen molar-refractivity contribution in [2.24, 2.45) is 11.3 Å². The van der Waals surface area contributed by atoms with Gasteiger partial charge < -0.3 is 4.74 Å². The first-order chi connectivity index (χ1) is 7.99. The topological polar surface area (TPSA) is 9.23 Å². The fraction of sp³-hybridized carbons (Fsp3) is 0.500. The van der Waals surface area contributed by atoms with Crippen molar-refractivity contribution in [2.75, 3.05) is 7.11 Å². The molecule has 0 fully saturated rings. The lowest BCUT2D eigenvalue weighted by Gasteiger charge is -2.33. The fourth-order valence-corrected chi connectivity index (χ4v) is 2.08. The highest BCUT2D eigenvalue weighted by Gasteiger charge is 2.28. The highest BCUT2D eigenvalue weighted by molar-refractivity contribution is 5.20. The minimum atomic E-state index is 0.130. The molecule has 1 aromatic carbocycles. The van der Waals surface area contributed by atoms with Gasteiger partial charge in [-0.05, 0) is 28.9 Å². The number of hydrogen-bond acceptors (Lipinski definition) is 1. The molecule has 17 heavy (non-hydrogen) atoms. The quantitative estimate of drug-likeness (QED) is 0.673. The van der Waals surface area contributed by atoms with Crippen LogP contribution in [0, 0.1) is 11.3 Å². The Labute approximate surface area is 106 Å². The second-order valence-electron chi connectivity index (χ2n) is 5.35. The second kappa shape index (κ2) is 5.90. The van der Waals surface area contributed by atoms with E-state index in [4.69, 9.17) is 4.74 Å². The molecule has 0 saturated heterocycles. The smallest absolute Gasteiger partial charge is 0.0790 e. The summed E-state index contributed by atoms with van der Waals surface area (Å²) in [5.41, 5.74) is 1.53. The molecule has 0 aromatic heterocycles. The van der Waals surface area contributed by atoms with Gasteiger partial charge in [-0.3, -0.25) is 0 Å². The van der Waals surface area contributed by atoms with Crippen molar-refractivity contribution in [3.63, 3.8) is 0 Å². The number of rotatable bonds is 5. The average molecular weight is 232 g/mol. The predicted molar refractivity (Wildman–Crippen MR) is 74.0 cm³/mol. The van der Waals surface area contributed by atoms with Crippen molar-refractivity contribution in [1.82, 2.24) is 0 Å². The molecule has 0 aliphatic carbocycles. The predicted octanol–water partition coefficient (Wildman–Crippen LogP) is 4.61. The van der Waals surface area contributed by atoms with Crippen LogP contribution >= 0.6 is 0 Å². The van der Waals surface area contributed by atoms with Gasteiger partial charge >= 0.3 is 0 Å². The normalized spacial score (nSPS) is 15.8. The Hall–Kier alpha value is -1.24. The van der Waals surface area contributed by atoms with E-state index in [2.05, 4.69) is 64.1 Å². The third-order valence-corrected chi connectivity index (χ3v) is 3.88. The van der Waals surface area contributed by atoms with Gasteiger partial charge in [-0.25, -0.2) is 0 Å². The van der Waals surface area contributed by atoms with Crippen LogP contribution in [0.15, 0.2) is 42.7 Å². The molecule has 1 heteroatoms. The Balaban J connectivity index is 2.82. The van der Waals surface area contributed by atoms with Crippen LogP contribution in [0.4, 0.5) is 0 Å². The molecule has 0 aliphatic rings. The molecule has 0 aliphatic heterocycles. The van der Waals surface area contributed by atoms with Gasteiger partial charge in [0.15, 0.2) is 0 Å². The summed E-state index contributed by atoms with van der Waals surface area (Å²) in [6.07, 6.45) is 3.94. The molecule has 1 rings (SSSR count). The van der Waals surface area contributed by atoms with Gasteiger partial charge in [-0.15, -0.1) is 0 Å². The van der Waals surface area contributed by atoms with E-state index in [1.807, 2.05) is 0 Å². The molecule has 94 valence electrons. The Bertz CT molecular complexity index is 351. The van der Waals surface area contributed by atoms with Gasteiger partial charge in [0.25, 0.3) is 0 Å². The average Bonchev–Trinajstić information content (AvgIpc) is 2.35. The van der Waals surface area contributed by atoms with E-state index in [0.29, 0.717) is 11.8 Å². The van der Waals surface area contributed by atoms with Crippen LogP contribution in [0.3, 0.4) is 0 Å². The summed E-state index contributed by atoms with van der Waals surface area (Å²) in [4.78, 5) is 0. The van der Waals surface area contributed by atoms with E-state index < -0.39 is 0 Å². The lowest BCUT2D eigenvalue weighted by molar-refractivity contribution is 0.254. The number of allylic oxidation sites excluding steroid dienone is 1. The van der Waals surface area contributed by atoms with Crippen molar-refractivity contribution in [3.05, 3.63) is 48.2 Å². The Morgan fingerprint density at radius 2 is 1.71 bits per heavy atom. The van der Waals surface area contributed by atoms with Crippen LogP contribution in [-0.4, -0.2) is 7.11 Å². The van der Waals surface area contributed by atoms with Crippen LogP contribution in [0.1, 0.15) is 39.2 Å². The zero-order chi connectivity index (χ0) is 12.9. The van der Waals surface area contributed by atoms with E-state index in [0.717, 1.165) is 0 Å². The number of hydrogen-bond donors (Lipinski definition) is 0. The Kier molecular flexibility index (Phi) is 4.80. The second-order valence-corrected chi connectivity index (χ2v) is 5.35. The maximum atomic E-state index is 5.03. The van der Waals surface area contributed by atoms with Crippen LogP contribution < -0.4 is 0 Å². The molecule has 0 N–H and O–H groups in total. The first kappa shape index (κ1) is 13.8. The fourth-order valence-electron chi connectivity index (χ4n) is 2.08. The molecular weight excluding hydrogens is 208 g/mol. The summed E-state index contributed by atoms with van der Waals surface area (Å²) in [5.74, 6) is 1.09.